The van der Waals surface area contributed by atoms with E-state index >= 15 is 0 Å². The van der Waals surface area contributed by atoms with E-state index in [1.165, 1.54) is 0 Å². The predicted molar refractivity (Wildman–Crippen MR) is 80.7 cm³/mol. The fraction of sp³-hybridized carbons (Fsp3) is 0.500. The summed E-state index contributed by atoms with van der Waals surface area (Å²) in [7, 11) is 0. The standard InChI is InChI=1S/C14H22N2O2S/c1-4-19-12-7-5-6-11(8-12)16-14(18)15-9-13(17)10(2)3/h5-8,10,13,17H,4,9H2,1-3H3,(H2,15,16,18). The minimum Gasteiger partial charge on any atom is -0.391 e. The van der Waals surface area contributed by atoms with Crippen molar-refractivity contribution in [2.24, 2.45) is 5.92 Å². The van der Waals surface area contributed by atoms with Gasteiger partial charge in [-0.25, -0.2) is 4.79 Å². The number of anilines is 1. The number of carbonyl (C=O) groups excluding carboxylic acids is 1. The Balaban J connectivity index is 2.45. The van der Waals surface area contributed by atoms with Crippen LogP contribution in [0.4, 0.5) is 10.5 Å². The number of hydrogen-bond donors (Lipinski definition) is 3. The predicted octanol–water partition coefficient (Wildman–Crippen LogP) is 2.94. The van der Waals surface area contributed by atoms with Gasteiger partial charge < -0.3 is 15.7 Å². The van der Waals surface area contributed by atoms with Crippen LogP contribution >= 0.6 is 11.8 Å². The molecule has 4 nitrogen and oxygen atoms in total. The minimum absolute atomic E-state index is 0.129. The summed E-state index contributed by atoms with van der Waals surface area (Å²) in [5.41, 5.74) is 0.759. The molecule has 0 aliphatic carbocycles. The lowest BCUT2D eigenvalue weighted by atomic mass is 10.1. The average molecular weight is 282 g/mol. The average Bonchev–Trinajstić information content (AvgIpc) is 2.36. The first-order valence-corrected chi connectivity index (χ1v) is 7.47. The van der Waals surface area contributed by atoms with E-state index in [0.717, 1.165) is 16.3 Å². The number of thioether (sulfide) groups is 1. The highest BCUT2D eigenvalue weighted by Crippen LogP contribution is 2.20. The van der Waals surface area contributed by atoms with Gasteiger partial charge in [0.25, 0.3) is 0 Å². The molecule has 0 heterocycles. The molecule has 106 valence electrons. The number of benzene rings is 1. The van der Waals surface area contributed by atoms with Crippen LogP contribution in [-0.4, -0.2) is 29.5 Å². The number of rotatable bonds is 6. The zero-order valence-electron chi connectivity index (χ0n) is 11.6. The number of amides is 2. The maximum absolute atomic E-state index is 11.7. The van der Waals surface area contributed by atoms with E-state index in [0.29, 0.717) is 0 Å². The molecule has 5 heteroatoms. The van der Waals surface area contributed by atoms with Gasteiger partial charge in [-0.2, -0.15) is 0 Å². The third-order valence-electron chi connectivity index (χ3n) is 2.64. The van der Waals surface area contributed by atoms with E-state index in [1.54, 1.807) is 11.8 Å². The van der Waals surface area contributed by atoms with Gasteiger partial charge in [0.1, 0.15) is 0 Å². The molecule has 3 N–H and O–H groups in total. The Morgan fingerprint density at radius 2 is 2.16 bits per heavy atom. The van der Waals surface area contributed by atoms with Gasteiger partial charge in [-0.3, -0.25) is 0 Å². The Labute approximate surface area is 119 Å². The fourth-order valence-corrected chi connectivity index (χ4v) is 2.16. The molecule has 0 aliphatic rings. The molecule has 0 radical (unpaired) electrons. The molecule has 2 amide bonds. The lowest BCUT2D eigenvalue weighted by Gasteiger charge is -2.15. The highest BCUT2D eigenvalue weighted by molar-refractivity contribution is 7.99. The van der Waals surface area contributed by atoms with E-state index in [2.05, 4.69) is 17.6 Å². The van der Waals surface area contributed by atoms with Gasteiger partial charge in [-0.05, 0) is 29.9 Å². The van der Waals surface area contributed by atoms with Crippen LogP contribution in [-0.2, 0) is 0 Å². The number of hydrogen-bond acceptors (Lipinski definition) is 3. The Bertz CT molecular complexity index is 410. The van der Waals surface area contributed by atoms with Crippen LogP contribution in [0, 0.1) is 5.92 Å². The fourth-order valence-electron chi connectivity index (χ4n) is 1.44. The summed E-state index contributed by atoms with van der Waals surface area (Å²) >= 11 is 1.73. The van der Waals surface area contributed by atoms with Crippen molar-refractivity contribution in [1.29, 1.82) is 0 Å². The van der Waals surface area contributed by atoms with Crippen molar-refractivity contribution >= 4 is 23.5 Å². The van der Waals surface area contributed by atoms with Gasteiger partial charge in [0.05, 0.1) is 6.10 Å². The summed E-state index contributed by atoms with van der Waals surface area (Å²) in [5.74, 6) is 1.13. The molecule has 0 fully saturated rings. The molecule has 1 aromatic rings. The van der Waals surface area contributed by atoms with Crippen LogP contribution < -0.4 is 10.6 Å². The second-order valence-electron chi connectivity index (χ2n) is 4.61. The molecular weight excluding hydrogens is 260 g/mol. The van der Waals surface area contributed by atoms with Crippen LogP contribution in [0.3, 0.4) is 0 Å². The lowest BCUT2D eigenvalue weighted by Crippen LogP contribution is -2.37. The maximum atomic E-state index is 11.7. The SMILES string of the molecule is CCSc1cccc(NC(=O)NCC(O)C(C)C)c1. The third-order valence-corrected chi connectivity index (χ3v) is 3.52. The molecule has 0 aromatic heterocycles. The van der Waals surface area contributed by atoms with E-state index in [4.69, 9.17) is 0 Å². The molecule has 1 unspecified atom stereocenters. The maximum Gasteiger partial charge on any atom is 0.319 e. The molecule has 0 bridgehead atoms. The van der Waals surface area contributed by atoms with Gasteiger partial charge in [0, 0.05) is 17.1 Å². The van der Waals surface area contributed by atoms with Gasteiger partial charge in [0.15, 0.2) is 0 Å². The van der Waals surface area contributed by atoms with Crippen LogP contribution in [0.2, 0.25) is 0 Å². The quantitative estimate of drug-likeness (QED) is 0.703. The summed E-state index contributed by atoms with van der Waals surface area (Å²) in [4.78, 5) is 12.8. The van der Waals surface area contributed by atoms with Crippen molar-refractivity contribution in [3.8, 4) is 0 Å². The number of carbonyl (C=O) groups is 1. The highest BCUT2D eigenvalue weighted by Gasteiger charge is 2.10. The van der Waals surface area contributed by atoms with E-state index in [9.17, 15) is 9.90 Å². The Morgan fingerprint density at radius 1 is 1.42 bits per heavy atom. The first-order valence-electron chi connectivity index (χ1n) is 6.48. The van der Waals surface area contributed by atoms with Gasteiger partial charge >= 0.3 is 6.03 Å². The smallest absolute Gasteiger partial charge is 0.319 e. The molecule has 1 rings (SSSR count). The zero-order chi connectivity index (χ0) is 14.3. The van der Waals surface area contributed by atoms with Crippen molar-refractivity contribution in [3.63, 3.8) is 0 Å². The lowest BCUT2D eigenvalue weighted by molar-refractivity contribution is 0.126. The number of aliphatic hydroxyl groups is 1. The summed E-state index contributed by atoms with van der Waals surface area (Å²) < 4.78 is 0. The first-order chi connectivity index (χ1) is 9.02. The van der Waals surface area contributed by atoms with E-state index < -0.39 is 6.10 Å². The molecule has 19 heavy (non-hydrogen) atoms. The highest BCUT2D eigenvalue weighted by atomic mass is 32.2. The number of urea groups is 1. The molecule has 0 spiro atoms. The van der Waals surface area contributed by atoms with Crippen LogP contribution in [0.15, 0.2) is 29.2 Å². The van der Waals surface area contributed by atoms with Gasteiger partial charge in [-0.15, -0.1) is 11.8 Å². The molecule has 1 atom stereocenters. The second-order valence-corrected chi connectivity index (χ2v) is 5.94. The van der Waals surface area contributed by atoms with Gasteiger partial charge in [0.2, 0.25) is 0 Å². The van der Waals surface area contributed by atoms with Crippen molar-refractivity contribution < 1.29 is 9.90 Å². The molecule has 0 saturated carbocycles. The third kappa shape index (κ3) is 5.98. The second kappa shape index (κ2) is 8.07. The Kier molecular flexibility index (Phi) is 6.73. The minimum atomic E-state index is -0.521. The van der Waals surface area contributed by atoms with Crippen molar-refractivity contribution in [2.75, 3.05) is 17.6 Å². The largest absolute Gasteiger partial charge is 0.391 e. The number of nitrogens with one attached hydrogen (secondary N) is 2. The van der Waals surface area contributed by atoms with Crippen molar-refractivity contribution in [3.05, 3.63) is 24.3 Å². The normalized spacial score (nSPS) is 12.3. The van der Waals surface area contributed by atoms with Gasteiger partial charge in [-0.1, -0.05) is 26.8 Å². The topological polar surface area (TPSA) is 61.4 Å². The van der Waals surface area contributed by atoms with E-state index in [-0.39, 0.29) is 18.5 Å². The summed E-state index contributed by atoms with van der Waals surface area (Å²) in [6.45, 7) is 6.17. The first kappa shape index (κ1) is 15.9. The van der Waals surface area contributed by atoms with Crippen molar-refractivity contribution in [1.82, 2.24) is 5.32 Å². The molecule has 1 aromatic carbocycles. The van der Waals surface area contributed by atoms with Crippen LogP contribution in [0.25, 0.3) is 0 Å². The Morgan fingerprint density at radius 3 is 2.79 bits per heavy atom. The van der Waals surface area contributed by atoms with Crippen LogP contribution in [0.5, 0.6) is 0 Å². The number of aliphatic hydroxyl groups excluding tert-OH is 1. The zero-order valence-corrected chi connectivity index (χ0v) is 12.5. The molecule has 0 saturated heterocycles. The monoisotopic (exact) mass is 282 g/mol. The summed E-state index contributed by atoms with van der Waals surface area (Å²) in [6, 6.07) is 7.42. The van der Waals surface area contributed by atoms with E-state index in [1.807, 2.05) is 38.1 Å². The molecule has 0 aliphatic heterocycles. The molecular formula is C14H22N2O2S. The summed E-state index contributed by atoms with van der Waals surface area (Å²) in [5, 5.41) is 15.0. The summed E-state index contributed by atoms with van der Waals surface area (Å²) in [6.07, 6.45) is -0.521. The Hall–Kier alpha value is -1.20. The van der Waals surface area contributed by atoms with Crippen molar-refractivity contribution in [2.45, 2.75) is 31.8 Å². The van der Waals surface area contributed by atoms with Crippen LogP contribution in [0.1, 0.15) is 20.8 Å².